The zero-order valence-electron chi connectivity index (χ0n) is 13.7. The van der Waals surface area contributed by atoms with Crippen LogP contribution in [0.5, 0.6) is 0 Å². The van der Waals surface area contributed by atoms with E-state index in [9.17, 15) is 9.59 Å². The van der Waals surface area contributed by atoms with E-state index in [4.69, 9.17) is 11.6 Å². The van der Waals surface area contributed by atoms with Crippen LogP contribution in [0.3, 0.4) is 0 Å². The zero-order valence-corrected chi connectivity index (χ0v) is 14.5. The molecular formula is C17H19ClN4O2. The first-order chi connectivity index (χ1) is 11.5. The van der Waals surface area contributed by atoms with E-state index in [1.807, 2.05) is 18.2 Å². The molecule has 6 nitrogen and oxygen atoms in total. The minimum Gasteiger partial charge on any atom is -0.339 e. The number of aryl methyl sites for hydroxylation is 1. The van der Waals surface area contributed by atoms with Crippen LogP contribution < -0.4 is 0 Å². The Hall–Kier alpha value is -2.34. The van der Waals surface area contributed by atoms with Crippen molar-refractivity contribution >= 4 is 23.4 Å². The molecule has 2 heterocycles. The first-order valence-corrected chi connectivity index (χ1v) is 8.19. The van der Waals surface area contributed by atoms with Crippen LogP contribution in [-0.2, 0) is 11.8 Å². The average Bonchev–Trinajstić information content (AvgIpc) is 2.96. The van der Waals surface area contributed by atoms with Crippen LogP contribution in [0, 0.1) is 0 Å². The number of hydrogen-bond acceptors (Lipinski definition) is 3. The number of benzene rings is 1. The van der Waals surface area contributed by atoms with Gasteiger partial charge in [0.2, 0.25) is 5.91 Å². The summed E-state index contributed by atoms with van der Waals surface area (Å²) in [7, 11) is 1.75. The Kier molecular flexibility index (Phi) is 4.57. The van der Waals surface area contributed by atoms with Gasteiger partial charge in [-0.1, -0.05) is 29.8 Å². The number of nitrogens with zero attached hydrogens (tertiary/aromatic N) is 4. The van der Waals surface area contributed by atoms with Gasteiger partial charge in [-0.25, -0.2) is 0 Å². The monoisotopic (exact) mass is 346 g/mol. The van der Waals surface area contributed by atoms with Crippen LogP contribution >= 0.6 is 11.6 Å². The number of halogens is 1. The minimum absolute atomic E-state index is 0.0450. The molecule has 126 valence electrons. The van der Waals surface area contributed by atoms with E-state index in [0.717, 1.165) is 5.56 Å². The molecular weight excluding hydrogens is 328 g/mol. The van der Waals surface area contributed by atoms with Crippen LogP contribution in [0.2, 0.25) is 5.02 Å². The minimum atomic E-state index is -0.0773. The van der Waals surface area contributed by atoms with Crippen molar-refractivity contribution in [3.05, 3.63) is 41.0 Å². The number of carbonyl (C=O) groups excluding carboxylic acids is 2. The van der Waals surface area contributed by atoms with Crippen LogP contribution in [0.4, 0.5) is 0 Å². The highest BCUT2D eigenvalue weighted by Crippen LogP contribution is 2.27. The molecule has 0 radical (unpaired) electrons. The molecule has 1 aromatic heterocycles. The van der Waals surface area contributed by atoms with Gasteiger partial charge in [0, 0.05) is 45.7 Å². The van der Waals surface area contributed by atoms with Crippen molar-refractivity contribution in [1.29, 1.82) is 0 Å². The predicted molar refractivity (Wildman–Crippen MR) is 91.8 cm³/mol. The van der Waals surface area contributed by atoms with Crippen LogP contribution in [0.15, 0.2) is 30.3 Å². The fraction of sp³-hybridized carbons (Fsp3) is 0.353. The maximum atomic E-state index is 12.8. The number of rotatable bonds is 2. The van der Waals surface area contributed by atoms with Gasteiger partial charge in [-0.3, -0.25) is 14.3 Å². The maximum Gasteiger partial charge on any atom is 0.272 e. The highest BCUT2D eigenvalue weighted by atomic mass is 35.5. The normalized spacial score (nSPS) is 14.8. The van der Waals surface area contributed by atoms with E-state index in [0.29, 0.717) is 42.6 Å². The van der Waals surface area contributed by atoms with Gasteiger partial charge in [0.25, 0.3) is 5.91 Å². The molecule has 7 heteroatoms. The Bertz CT molecular complexity index is 779. The molecule has 0 aliphatic carbocycles. The van der Waals surface area contributed by atoms with Crippen molar-refractivity contribution in [3.63, 3.8) is 0 Å². The van der Waals surface area contributed by atoms with E-state index in [1.165, 1.54) is 0 Å². The Morgan fingerprint density at radius 2 is 1.71 bits per heavy atom. The molecule has 1 saturated heterocycles. The molecule has 0 spiro atoms. The van der Waals surface area contributed by atoms with Gasteiger partial charge in [-0.05, 0) is 12.1 Å². The fourth-order valence-corrected chi connectivity index (χ4v) is 3.09. The lowest BCUT2D eigenvalue weighted by molar-refractivity contribution is -0.130. The van der Waals surface area contributed by atoms with Gasteiger partial charge in [0.15, 0.2) is 0 Å². The first-order valence-electron chi connectivity index (χ1n) is 7.81. The molecule has 3 rings (SSSR count). The van der Waals surface area contributed by atoms with Crippen molar-refractivity contribution in [2.45, 2.75) is 6.92 Å². The highest BCUT2D eigenvalue weighted by molar-refractivity contribution is 6.33. The van der Waals surface area contributed by atoms with Gasteiger partial charge < -0.3 is 9.80 Å². The van der Waals surface area contributed by atoms with Gasteiger partial charge in [-0.2, -0.15) is 5.10 Å². The average molecular weight is 347 g/mol. The Balaban J connectivity index is 1.80. The third-order valence-corrected chi connectivity index (χ3v) is 4.59. The van der Waals surface area contributed by atoms with E-state index < -0.39 is 0 Å². The van der Waals surface area contributed by atoms with Crippen molar-refractivity contribution in [2.24, 2.45) is 7.05 Å². The molecule has 0 atom stereocenters. The summed E-state index contributed by atoms with van der Waals surface area (Å²) in [6.07, 6.45) is 0. The summed E-state index contributed by atoms with van der Waals surface area (Å²) in [6, 6.07) is 9.19. The Morgan fingerprint density at radius 1 is 1.08 bits per heavy atom. The van der Waals surface area contributed by atoms with Gasteiger partial charge >= 0.3 is 0 Å². The van der Waals surface area contributed by atoms with Crippen molar-refractivity contribution in [2.75, 3.05) is 26.2 Å². The molecule has 0 N–H and O–H groups in total. The van der Waals surface area contributed by atoms with E-state index in [-0.39, 0.29) is 11.8 Å². The Morgan fingerprint density at radius 3 is 2.33 bits per heavy atom. The molecule has 0 unspecified atom stereocenters. The molecule has 1 fully saturated rings. The number of amides is 2. The quantitative estimate of drug-likeness (QED) is 0.836. The SMILES string of the molecule is CC(=O)N1CCN(C(=O)c2cc(-c3ccccc3Cl)nn2C)CC1. The fourth-order valence-electron chi connectivity index (χ4n) is 2.85. The predicted octanol–water partition coefficient (Wildman–Crippen LogP) is 2.04. The lowest BCUT2D eigenvalue weighted by Gasteiger charge is -2.34. The van der Waals surface area contributed by atoms with E-state index >= 15 is 0 Å². The molecule has 1 aromatic carbocycles. The third kappa shape index (κ3) is 3.14. The second-order valence-electron chi connectivity index (χ2n) is 5.82. The Labute approximate surface area is 145 Å². The van der Waals surface area contributed by atoms with Gasteiger partial charge in [0.05, 0.1) is 10.7 Å². The lowest BCUT2D eigenvalue weighted by atomic mass is 10.1. The van der Waals surface area contributed by atoms with Gasteiger partial charge in [0.1, 0.15) is 5.69 Å². The lowest BCUT2D eigenvalue weighted by Crippen LogP contribution is -2.50. The van der Waals surface area contributed by atoms with Crippen LogP contribution in [0.1, 0.15) is 17.4 Å². The summed E-state index contributed by atoms with van der Waals surface area (Å²) in [6.45, 7) is 3.75. The highest BCUT2D eigenvalue weighted by Gasteiger charge is 2.25. The number of piperazine rings is 1. The standard InChI is InChI=1S/C17H19ClN4O2/c1-12(23)21-7-9-22(10-8-21)17(24)16-11-15(19-20(16)2)13-5-3-4-6-14(13)18/h3-6,11H,7-10H2,1-2H3. The second-order valence-corrected chi connectivity index (χ2v) is 6.22. The van der Waals surface area contributed by atoms with Crippen molar-refractivity contribution in [3.8, 4) is 11.3 Å². The number of aromatic nitrogens is 2. The molecule has 24 heavy (non-hydrogen) atoms. The number of hydrogen-bond donors (Lipinski definition) is 0. The topological polar surface area (TPSA) is 58.4 Å². The first kappa shape index (κ1) is 16.5. The maximum absolute atomic E-state index is 12.8. The molecule has 0 saturated carbocycles. The van der Waals surface area contributed by atoms with Crippen LogP contribution in [0.25, 0.3) is 11.3 Å². The molecule has 1 aliphatic rings. The molecule has 2 aromatic rings. The summed E-state index contributed by atoms with van der Waals surface area (Å²) in [5.41, 5.74) is 1.99. The third-order valence-electron chi connectivity index (χ3n) is 4.26. The van der Waals surface area contributed by atoms with Crippen molar-refractivity contribution in [1.82, 2.24) is 19.6 Å². The smallest absolute Gasteiger partial charge is 0.272 e. The molecule has 0 bridgehead atoms. The summed E-state index contributed by atoms with van der Waals surface area (Å²) >= 11 is 6.21. The number of carbonyl (C=O) groups is 2. The van der Waals surface area contributed by atoms with Crippen molar-refractivity contribution < 1.29 is 9.59 Å². The summed E-state index contributed by atoms with van der Waals surface area (Å²) < 4.78 is 1.58. The summed E-state index contributed by atoms with van der Waals surface area (Å²) in [5.74, 6) is -0.0323. The second kappa shape index (κ2) is 6.65. The molecule has 1 aliphatic heterocycles. The molecule has 2 amide bonds. The zero-order chi connectivity index (χ0) is 17.3. The van der Waals surface area contributed by atoms with Gasteiger partial charge in [-0.15, -0.1) is 0 Å². The van der Waals surface area contributed by atoms with E-state index in [2.05, 4.69) is 5.10 Å². The van der Waals surface area contributed by atoms with E-state index in [1.54, 1.807) is 40.6 Å². The summed E-state index contributed by atoms with van der Waals surface area (Å²) in [4.78, 5) is 27.7. The van der Waals surface area contributed by atoms with Crippen LogP contribution in [-0.4, -0.2) is 57.6 Å². The summed E-state index contributed by atoms with van der Waals surface area (Å²) in [5, 5.41) is 5.02. The largest absolute Gasteiger partial charge is 0.339 e.